The molecular formula is C16H12Br2N4O2. The molecule has 24 heavy (non-hydrogen) atoms. The molecular weight excluding hydrogens is 440 g/mol. The van der Waals surface area contributed by atoms with E-state index < -0.39 is 0 Å². The molecule has 0 aliphatic carbocycles. The second kappa shape index (κ2) is 9.09. The molecule has 0 amide bonds. The summed E-state index contributed by atoms with van der Waals surface area (Å²) in [6.45, 7) is 0. The zero-order valence-electron chi connectivity index (χ0n) is 12.2. The van der Waals surface area contributed by atoms with Gasteiger partial charge in [-0.25, -0.2) is 0 Å². The fraction of sp³-hybridized carbons (Fsp3) is 0. The molecule has 8 heteroatoms. The molecule has 1 aromatic carbocycles. The fourth-order valence-corrected chi connectivity index (χ4v) is 2.46. The number of pyridine rings is 2. The molecule has 0 saturated heterocycles. The molecule has 2 heterocycles. The van der Waals surface area contributed by atoms with Crippen LogP contribution >= 0.6 is 31.9 Å². The van der Waals surface area contributed by atoms with Crippen LogP contribution in [0.3, 0.4) is 0 Å². The Hall–Kier alpha value is -2.32. The van der Waals surface area contributed by atoms with E-state index in [0.717, 1.165) is 11.4 Å². The van der Waals surface area contributed by atoms with Crippen molar-refractivity contribution in [2.24, 2.45) is 10.2 Å². The van der Waals surface area contributed by atoms with E-state index in [4.69, 9.17) is 10.2 Å². The van der Waals surface area contributed by atoms with Crippen LogP contribution in [-0.4, -0.2) is 20.2 Å². The Morgan fingerprint density at radius 2 is 1.04 bits per heavy atom. The van der Waals surface area contributed by atoms with Gasteiger partial charge in [0.15, 0.2) is 0 Å². The quantitative estimate of drug-likeness (QED) is 0.502. The highest BCUT2D eigenvalue weighted by atomic mass is 79.9. The Morgan fingerprint density at radius 3 is 1.38 bits per heavy atom. The Kier molecular flexibility index (Phi) is 6.83. The maximum absolute atomic E-state index is 9.00. The van der Waals surface area contributed by atoms with Gasteiger partial charge in [-0.1, -0.05) is 0 Å². The number of azo groups is 1. The predicted molar refractivity (Wildman–Crippen MR) is 97.8 cm³/mol. The summed E-state index contributed by atoms with van der Waals surface area (Å²) in [5, 5.41) is 26.1. The monoisotopic (exact) mass is 450 g/mol. The first-order valence-electron chi connectivity index (χ1n) is 6.65. The van der Waals surface area contributed by atoms with E-state index in [9.17, 15) is 0 Å². The van der Waals surface area contributed by atoms with Crippen molar-refractivity contribution in [1.29, 1.82) is 0 Å². The largest absolute Gasteiger partial charge is 0.507 e. The van der Waals surface area contributed by atoms with Crippen LogP contribution in [0.15, 0.2) is 80.4 Å². The number of rotatable bonds is 2. The van der Waals surface area contributed by atoms with E-state index in [1.165, 1.54) is 6.07 Å². The third kappa shape index (κ3) is 5.71. The summed E-state index contributed by atoms with van der Waals surface area (Å²) in [7, 11) is 0. The fourth-order valence-electron chi connectivity index (χ4n) is 1.46. The summed E-state index contributed by atoms with van der Waals surface area (Å²) in [6.07, 6.45) is 6.73. The van der Waals surface area contributed by atoms with Gasteiger partial charge in [-0.2, -0.15) is 10.2 Å². The van der Waals surface area contributed by atoms with Gasteiger partial charge in [-0.3, -0.25) is 9.97 Å². The maximum Gasteiger partial charge on any atom is 0.133 e. The van der Waals surface area contributed by atoms with Gasteiger partial charge in [0.2, 0.25) is 0 Å². The molecule has 2 N–H and O–H groups in total. The van der Waals surface area contributed by atoms with Crippen LogP contribution in [0.1, 0.15) is 0 Å². The normalized spacial score (nSPS) is 10.2. The van der Waals surface area contributed by atoms with Crippen molar-refractivity contribution in [3.8, 4) is 11.5 Å². The molecule has 6 nitrogen and oxygen atoms in total. The van der Waals surface area contributed by atoms with Gasteiger partial charge in [0.05, 0.1) is 20.3 Å². The number of phenolic OH excluding ortho intramolecular Hbond substituents is 2. The summed E-state index contributed by atoms with van der Waals surface area (Å²) in [6, 6.07) is 10.0. The lowest BCUT2D eigenvalue weighted by atomic mass is 10.3. The van der Waals surface area contributed by atoms with Gasteiger partial charge < -0.3 is 10.2 Å². The van der Waals surface area contributed by atoms with Gasteiger partial charge in [-0.05, 0) is 62.2 Å². The van der Waals surface area contributed by atoms with Crippen molar-refractivity contribution in [2.75, 3.05) is 0 Å². The van der Waals surface area contributed by atoms with Crippen LogP contribution in [-0.2, 0) is 0 Å². The molecule has 2 aromatic heterocycles. The predicted octanol–water partition coefficient (Wildman–Crippen LogP) is 5.51. The topological polar surface area (TPSA) is 91.0 Å². The number of hydrogen-bond donors (Lipinski definition) is 2. The van der Waals surface area contributed by atoms with E-state index in [2.05, 4.69) is 52.1 Å². The number of phenols is 2. The number of hydrogen-bond acceptors (Lipinski definition) is 6. The smallest absolute Gasteiger partial charge is 0.133 e. The Morgan fingerprint density at radius 1 is 0.667 bits per heavy atom. The van der Waals surface area contributed by atoms with Crippen LogP contribution in [0.5, 0.6) is 11.5 Å². The number of nitrogens with zero attached hydrogens (tertiary/aromatic N) is 4. The van der Waals surface area contributed by atoms with Crippen molar-refractivity contribution < 1.29 is 10.2 Å². The highest BCUT2D eigenvalue weighted by molar-refractivity contribution is 9.11. The third-order valence-electron chi connectivity index (χ3n) is 2.62. The van der Waals surface area contributed by atoms with Crippen molar-refractivity contribution in [2.45, 2.75) is 0 Å². The molecule has 0 bridgehead atoms. The zero-order valence-corrected chi connectivity index (χ0v) is 15.4. The molecule has 0 fully saturated rings. The molecule has 3 aromatic rings. The van der Waals surface area contributed by atoms with Crippen LogP contribution in [0.2, 0.25) is 0 Å². The van der Waals surface area contributed by atoms with Crippen molar-refractivity contribution in [1.82, 2.24) is 9.97 Å². The second-order valence-electron chi connectivity index (χ2n) is 4.37. The molecule has 0 unspecified atom stereocenters. The summed E-state index contributed by atoms with van der Waals surface area (Å²) in [4.78, 5) is 7.78. The Balaban J connectivity index is 0.000000185. The molecule has 0 spiro atoms. The van der Waals surface area contributed by atoms with Gasteiger partial charge >= 0.3 is 0 Å². The van der Waals surface area contributed by atoms with Gasteiger partial charge in [-0.15, -0.1) is 0 Å². The minimum atomic E-state index is 0.0284. The Labute approximate surface area is 155 Å². The minimum Gasteiger partial charge on any atom is -0.507 e. The molecule has 0 aliphatic heterocycles. The molecule has 0 radical (unpaired) electrons. The van der Waals surface area contributed by atoms with Gasteiger partial charge in [0, 0.05) is 30.9 Å². The molecule has 0 aliphatic rings. The molecule has 122 valence electrons. The summed E-state index contributed by atoms with van der Waals surface area (Å²) in [5.41, 5.74) is 1.58. The Bertz CT molecular complexity index is 723. The maximum atomic E-state index is 9.00. The lowest BCUT2D eigenvalue weighted by Gasteiger charge is -1.99. The number of aromatic hydroxyl groups is 2. The second-order valence-corrected chi connectivity index (χ2v) is 6.07. The summed E-state index contributed by atoms with van der Waals surface area (Å²) >= 11 is 6.18. The number of halogens is 2. The van der Waals surface area contributed by atoms with Gasteiger partial charge in [0.1, 0.15) is 11.5 Å². The lowest BCUT2D eigenvalue weighted by molar-refractivity contribution is 0.446. The zero-order chi connectivity index (χ0) is 17.4. The van der Waals surface area contributed by atoms with Crippen LogP contribution in [0.25, 0.3) is 0 Å². The van der Waals surface area contributed by atoms with Gasteiger partial charge in [0.25, 0.3) is 0 Å². The first kappa shape index (κ1) is 18.0. The van der Waals surface area contributed by atoms with E-state index in [1.807, 2.05) is 0 Å². The SMILES string of the molecule is Oc1cc(O)c(Br)cc1Br.c1cc(N=Nc2ccncc2)ccn1. The van der Waals surface area contributed by atoms with Crippen LogP contribution in [0.4, 0.5) is 11.4 Å². The van der Waals surface area contributed by atoms with Crippen LogP contribution in [0, 0.1) is 0 Å². The first-order valence-corrected chi connectivity index (χ1v) is 8.23. The number of aromatic nitrogens is 2. The molecule has 0 saturated carbocycles. The van der Waals surface area contributed by atoms with Crippen molar-refractivity contribution >= 4 is 43.2 Å². The van der Waals surface area contributed by atoms with Crippen molar-refractivity contribution in [3.63, 3.8) is 0 Å². The first-order chi connectivity index (χ1) is 11.6. The average molecular weight is 452 g/mol. The molecule has 3 rings (SSSR count). The van der Waals surface area contributed by atoms with Crippen molar-refractivity contribution in [3.05, 3.63) is 70.1 Å². The lowest BCUT2D eigenvalue weighted by Crippen LogP contribution is -1.71. The number of benzene rings is 1. The van der Waals surface area contributed by atoms with Crippen LogP contribution < -0.4 is 0 Å². The summed E-state index contributed by atoms with van der Waals surface area (Å²) < 4.78 is 1.11. The van der Waals surface area contributed by atoms with E-state index >= 15 is 0 Å². The molecule has 0 atom stereocenters. The average Bonchev–Trinajstić information content (AvgIpc) is 2.61. The third-order valence-corrected chi connectivity index (χ3v) is 3.89. The summed E-state index contributed by atoms with van der Waals surface area (Å²) in [5.74, 6) is 0.0569. The standard InChI is InChI=1S/C10H8N4.C6H4Br2O2/c1-5-11-6-2-9(1)13-14-10-3-7-12-8-4-10;7-3-1-4(8)6(10)2-5(3)9/h1-8H;1-2,9-10H. The van der Waals surface area contributed by atoms with E-state index in [1.54, 1.807) is 55.1 Å². The highest BCUT2D eigenvalue weighted by Crippen LogP contribution is 2.34. The van der Waals surface area contributed by atoms with E-state index in [0.29, 0.717) is 8.95 Å². The van der Waals surface area contributed by atoms with E-state index in [-0.39, 0.29) is 11.5 Å². The highest BCUT2D eigenvalue weighted by Gasteiger charge is 2.02. The minimum absolute atomic E-state index is 0.0284.